The third-order valence-electron chi connectivity index (χ3n) is 14.6. The first kappa shape index (κ1) is 37.3. The van der Waals surface area contributed by atoms with E-state index in [1.54, 1.807) is 0 Å². The number of allylic oxidation sites excluding steroid dienone is 2. The van der Waals surface area contributed by atoms with Gasteiger partial charge in [0.2, 0.25) is 0 Å². The van der Waals surface area contributed by atoms with E-state index in [0.717, 1.165) is 65.4 Å². The lowest BCUT2D eigenvalue weighted by atomic mass is 9.73. The Hall–Kier alpha value is -8.08. The second-order valence-corrected chi connectivity index (χ2v) is 18.3. The smallest absolute Gasteiger partial charge is 0.138 e. The van der Waals surface area contributed by atoms with E-state index in [-0.39, 0.29) is 12.0 Å². The van der Waals surface area contributed by atoms with Gasteiger partial charge in [-0.05, 0) is 123 Å². The molecule has 1 aliphatic heterocycles. The summed E-state index contributed by atoms with van der Waals surface area (Å²) >= 11 is 0. The average Bonchev–Trinajstić information content (AvgIpc) is 3.91. The molecule has 312 valence electrons. The molecular weight excluding hydrogens is 801 g/mol. The van der Waals surface area contributed by atoms with Crippen molar-refractivity contribution in [1.82, 2.24) is 14.5 Å². The molecule has 0 N–H and O–H groups in total. The van der Waals surface area contributed by atoms with E-state index in [9.17, 15) is 0 Å². The highest BCUT2D eigenvalue weighted by atomic mass is 15.2. The van der Waals surface area contributed by atoms with E-state index in [1.807, 2.05) is 0 Å². The van der Waals surface area contributed by atoms with E-state index in [4.69, 9.17) is 9.97 Å². The van der Waals surface area contributed by atoms with Crippen molar-refractivity contribution in [3.63, 3.8) is 0 Å². The van der Waals surface area contributed by atoms with Gasteiger partial charge in [0, 0.05) is 27.8 Å². The number of aryl methyl sites for hydroxylation is 3. The van der Waals surface area contributed by atoms with E-state index in [2.05, 4.69) is 216 Å². The second-order valence-electron chi connectivity index (χ2n) is 18.3. The van der Waals surface area contributed by atoms with Crippen molar-refractivity contribution >= 4 is 33.3 Å². The Morgan fingerprint density at radius 2 is 0.955 bits per heavy atom. The van der Waals surface area contributed by atoms with Gasteiger partial charge in [0.05, 0.1) is 34.2 Å². The lowest BCUT2D eigenvalue weighted by Gasteiger charge is -2.34. The molecule has 4 nitrogen and oxygen atoms in total. The van der Waals surface area contributed by atoms with Crippen LogP contribution in [-0.4, -0.2) is 20.6 Å². The van der Waals surface area contributed by atoms with Crippen LogP contribution in [0, 0.1) is 0 Å². The first-order valence-electron chi connectivity index (χ1n) is 23.4. The number of hydrogen-bond acceptors (Lipinski definition) is 3. The van der Waals surface area contributed by atoms with Crippen LogP contribution in [0.2, 0.25) is 0 Å². The van der Waals surface area contributed by atoms with Crippen molar-refractivity contribution in [1.29, 1.82) is 0 Å². The van der Waals surface area contributed by atoms with Crippen LogP contribution >= 0.6 is 0 Å². The second kappa shape index (κ2) is 14.7. The topological polar surface area (TPSA) is 34.0 Å². The Labute approximate surface area is 384 Å². The quantitative estimate of drug-likeness (QED) is 0.167. The Balaban J connectivity index is 1.02. The Morgan fingerprint density at radius 3 is 1.62 bits per heavy atom. The van der Waals surface area contributed by atoms with Gasteiger partial charge < -0.3 is 4.90 Å². The number of para-hydroxylation sites is 1. The minimum absolute atomic E-state index is 0.125. The van der Waals surface area contributed by atoms with E-state index in [0.29, 0.717) is 0 Å². The van der Waals surface area contributed by atoms with Gasteiger partial charge in [-0.1, -0.05) is 170 Å². The normalized spacial score (nSPS) is 16.4. The average molecular weight is 845 g/mol. The van der Waals surface area contributed by atoms with Gasteiger partial charge in [-0.2, -0.15) is 0 Å². The molecule has 3 aromatic heterocycles. The molecule has 4 aliphatic rings. The number of aromatic nitrogens is 3. The van der Waals surface area contributed by atoms with Gasteiger partial charge in [-0.25, -0.2) is 9.97 Å². The van der Waals surface area contributed by atoms with Gasteiger partial charge in [-0.15, -0.1) is 0 Å². The third kappa shape index (κ3) is 5.71. The van der Waals surface area contributed by atoms with Gasteiger partial charge in [0.25, 0.3) is 0 Å². The zero-order valence-electron chi connectivity index (χ0n) is 36.4. The Morgan fingerprint density at radius 1 is 0.424 bits per heavy atom. The lowest BCUT2D eigenvalue weighted by molar-refractivity contribution is 0.737. The van der Waals surface area contributed by atoms with Crippen LogP contribution in [0.5, 0.6) is 0 Å². The molecule has 7 aromatic carbocycles. The molecule has 0 spiro atoms. The zero-order chi connectivity index (χ0) is 43.3. The molecule has 14 rings (SSSR count). The molecule has 0 amide bonds. The molecule has 4 heterocycles. The minimum Gasteiger partial charge on any atom is -0.318 e. The van der Waals surface area contributed by atoms with Crippen molar-refractivity contribution in [3.8, 4) is 61.7 Å². The van der Waals surface area contributed by atoms with Crippen LogP contribution in [0.3, 0.4) is 0 Å². The number of fused-ring (bicyclic) bond motifs is 8. The summed E-state index contributed by atoms with van der Waals surface area (Å²) in [5, 5.41) is 2.59. The lowest BCUT2D eigenvalue weighted by Crippen LogP contribution is -2.30. The molecule has 2 unspecified atom stereocenters. The number of benzene rings is 7. The van der Waals surface area contributed by atoms with Crippen molar-refractivity contribution < 1.29 is 0 Å². The Kier molecular flexibility index (Phi) is 8.33. The van der Waals surface area contributed by atoms with Crippen LogP contribution < -0.4 is 4.90 Å². The molecule has 3 aliphatic carbocycles. The third-order valence-corrected chi connectivity index (χ3v) is 14.6. The van der Waals surface area contributed by atoms with Crippen LogP contribution in [-0.2, 0) is 25.7 Å². The van der Waals surface area contributed by atoms with Gasteiger partial charge in [0.15, 0.2) is 0 Å². The maximum atomic E-state index is 5.57. The maximum Gasteiger partial charge on any atom is 0.138 e. The predicted octanol–water partition coefficient (Wildman–Crippen LogP) is 14.8. The summed E-state index contributed by atoms with van der Waals surface area (Å²) in [5.74, 6) is 2.18. The van der Waals surface area contributed by atoms with E-state index >= 15 is 0 Å². The molecule has 10 aromatic rings. The minimum atomic E-state index is 0.125. The molecular formula is C62H44N4. The summed E-state index contributed by atoms with van der Waals surface area (Å²) in [6.45, 7) is 0. The highest BCUT2D eigenvalue weighted by Gasteiger charge is 2.43. The van der Waals surface area contributed by atoms with Crippen LogP contribution in [0.1, 0.15) is 33.7 Å². The summed E-state index contributed by atoms with van der Waals surface area (Å²) < 4.78 is 2.49. The number of anilines is 2. The molecule has 4 heteroatoms. The highest BCUT2D eigenvalue weighted by Crippen LogP contribution is 2.57. The molecule has 0 saturated heterocycles. The summed E-state index contributed by atoms with van der Waals surface area (Å²) in [6.07, 6.45) is 13.2. The standard InChI is InChI=1S/C62H44N4/c1-5-17-39(18-6-1)45-35-53(41-21-9-3-10-22-41)63-57(37-45)65-55-27-15-13-25-47(55)51-33-43-30-32-50-60-44(29-31-49(59(43)60)61(51)65)34-52-48-26-14-16-28-56(48)66(62(50)52)58-38-46(40-19-7-2-8-20-40)36-54(64-58)42-23-11-4-12-24-42/h1-28,33-38,47,55H,29-32H2. The van der Waals surface area contributed by atoms with Crippen LogP contribution in [0.4, 0.5) is 11.5 Å². The number of pyridine rings is 2. The van der Waals surface area contributed by atoms with Crippen molar-refractivity contribution in [3.05, 3.63) is 234 Å². The van der Waals surface area contributed by atoms with E-state index < -0.39 is 0 Å². The van der Waals surface area contributed by atoms with Gasteiger partial charge in [0.1, 0.15) is 11.6 Å². The summed E-state index contributed by atoms with van der Waals surface area (Å²) in [6, 6.07) is 66.2. The number of nitrogens with zero attached hydrogens (tertiary/aromatic N) is 4. The number of hydrogen-bond donors (Lipinski definition) is 0. The molecule has 0 saturated carbocycles. The van der Waals surface area contributed by atoms with Crippen LogP contribution in [0.25, 0.3) is 83.5 Å². The highest BCUT2D eigenvalue weighted by molar-refractivity contribution is 6.13. The van der Waals surface area contributed by atoms with Gasteiger partial charge in [-0.3, -0.25) is 4.57 Å². The predicted molar refractivity (Wildman–Crippen MR) is 272 cm³/mol. The van der Waals surface area contributed by atoms with E-state index in [1.165, 1.54) is 83.1 Å². The first-order chi connectivity index (χ1) is 32.7. The molecule has 66 heavy (non-hydrogen) atoms. The fourth-order valence-electron chi connectivity index (χ4n) is 11.8. The molecule has 0 bridgehead atoms. The SMILES string of the molecule is C1=CC2c3cc4c5c(c3N(c3cc(-c6ccccc6)cc(-c6ccccc6)n3)C2C=C1)CCc1cc2c3ccccc3n(-c3cc(-c6ccccc6)cc(-c6ccccc6)n3)c2c(c1-5)CC4. The molecule has 0 fully saturated rings. The van der Waals surface area contributed by atoms with Crippen molar-refractivity contribution in [2.45, 2.75) is 37.6 Å². The summed E-state index contributed by atoms with van der Waals surface area (Å²) in [5.41, 5.74) is 22.9. The van der Waals surface area contributed by atoms with Crippen molar-refractivity contribution in [2.75, 3.05) is 4.90 Å². The Bertz CT molecular complexity index is 3530. The molecule has 2 atom stereocenters. The molecule has 0 radical (unpaired) electrons. The zero-order valence-corrected chi connectivity index (χ0v) is 36.4. The van der Waals surface area contributed by atoms with Crippen LogP contribution in [0.15, 0.2) is 206 Å². The summed E-state index contributed by atoms with van der Waals surface area (Å²) in [4.78, 5) is 13.7. The van der Waals surface area contributed by atoms with Crippen molar-refractivity contribution in [2.24, 2.45) is 0 Å². The van der Waals surface area contributed by atoms with Gasteiger partial charge >= 0.3 is 0 Å². The monoisotopic (exact) mass is 844 g/mol. The first-order valence-corrected chi connectivity index (χ1v) is 23.4. The number of rotatable bonds is 6. The maximum absolute atomic E-state index is 5.57. The summed E-state index contributed by atoms with van der Waals surface area (Å²) in [7, 11) is 0. The fourth-order valence-corrected chi connectivity index (χ4v) is 11.8. The fraction of sp³-hybridized carbons (Fsp3) is 0.0968. The largest absolute Gasteiger partial charge is 0.318 e.